The van der Waals surface area contributed by atoms with Gasteiger partial charge in [-0.3, -0.25) is 12.4 Å². The van der Waals surface area contributed by atoms with Crippen molar-refractivity contribution in [2.75, 3.05) is 0 Å². The van der Waals surface area contributed by atoms with Gasteiger partial charge in [-0.1, -0.05) is 0 Å². The molecule has 66 valence electrons. The molecule has 0 fully saturated rings. The van der Waals surface area contributed by atoms with Crippen molar-refractivity contribution in [1.29, 1.82) is 0 Å². The molecule has 0 spiro atoms. The Bertz CT molecular complexity index is 170. The van der Waals surface area contributed by atoms with Crippen LogP contribution in [-0.4, -0.2) is 6.29 Å². The van der Waals surface area contributed by atoms with Gasteiger partial charge in [0.2, 0.25) is 0 Å². The second kappa shape index (κ2) is 10.4. The molecular formula is C10H12FeO. The molecule has 1 aliphatic rings. The molecule has 1 rings (SSSR count). The van der Waals surface area contributed by atoms with E-state index in [9.17, 15) is 4.79 Å². The summed E-state index contributed by atoms with van der Waals surface area (Å²) in [7, 11) is 0. The van der Waals surface area contributed by atoms with E-state index in [1.54, 1.807) is 13.2 Å². The van der Waals surface area contributed by atoms with Crippen LogP contribution in [0, 0.1) is 6.08 Å². The first-order valence-corrected chi connectivity index (χ1v) is 3.48. The van der Waals surface area contributed by atoms with Gasteiger partial charge in [0.1, 0.15) is 0 Å². The summed E-state index contributed by atoms with van der Waals surface area (Å²) in [4.78, 5) is 9.43. The van der Waals surface area contributed by atoms with Gasteiger partial charge in [0.25, 0.3) is 0 Å². The van der Waals surface area contributed by atoms with Crippen molar-refractivity contribution in [3.8, 4) is 0 Å². The molecule has 2 heteroatoms. The van der Waals surface area contributed by atoms with Crippen LogP contribution < -0.4 is 0 Å². The summed E-state index contributed by atoms with van der Waals surface area (Å²) in [5, 5.41) is 0. The first-order valence-electron chi connectivity index (χ1n) is 3.48. The summed E-state index contributed by atoms with van der Waals surface area (Å²) in [6.45, 7) is 5.28. The van der Waals surface area contributed by atoms with Crippen LogP contribution in [-0.2, 0) is 21.9 Å². The van der Waals surface area contributed by atoms with Crippen molar-refractivity contribution in [2.45, 2.75) is 19.8 Å². The molecule has 0 unspecified atom stereocenters. The summed E-state index contributed by atoms with van der Waals surface area (Å²) < 4.78 is 0. The van der Waals surface area contributed by atoms with Gasteiger partial charge in [0, 0.05) is 0 Å². The van der Waals surface area contributed by atoms with E-state index >= 15 is 0 Å². The quantitative estimate of drug-likeness (QED) is 0.383. The minimum Gasteiger partial charge on any atom is -0.541 e. The predicted molar refractivity (Wildman–Crippen MR) is 46.7 cm³/mol. The Hall–Kier alpha value is -0.591. The molecule has 0 aromatic rings. The van der Waals surface area contributed by atoms with Crippen LogP contribution in [0.3, 0.4) is 0 Å². The topological polar surface area (TPSA) is 17.1 Å². The van der Waals surface area contributed by atoms with E-state index in [-0.39, 0.29) is 17.1 Å². The second-order valence-electron chi connectivity index (χ2n) is 2.28. The van der Waals surface area contributed by atoms with Crippen molar-refractivity contribution in [1.82, 2.24) is 0 Å². The third-order valence-electron chi connectivity index (χ3n) is 0.960. The molecule has 0 aromatic carbocycles. The van der Waals surface area contributed by atoms with Crippen molar-refractivity contribution >= 4 is 6.29 Å². The van der Waals surface area contributed by atoms with E-state index in [1.165, 1.54) is 0 Å². The van der Waals surface area contributed by atoms with Crippen LogP contribution >= 0.6 is 0 Å². The third kappa shape index (κ3) is 12.1. The summed E-state index contributed by atoms with van der Waals surface area (Å²) >= 11 is 0. The summed E-state index contributed by atoms with van der Waals surface area (Å²) in [6.07, 6.45) is 12.1. The first-order chi connectivity index (χ1) is 5.27. The fourth-order valence-electron chi connectivity index (χ4n) is 0.463. The Labute approximate surface area is 84.7 Å². The molecule has 0 atom stereocenters. The van der Waals surface area contributed by atoms with Gasteiger partial charge in [-0.15, -0.1) is 25.0 Å². The van der Waals surface area contributed by atoms with Crippen LogP contribution in [0.5, 0.6) is 0 Å². The summed E-state index contributed by atoms with van der Waals surface area (Å²) in [5.41, 5.74) is 0.866. The van der Waals surface area contributed by atoms with Gasteiger partial charge in [0.15, 0.2) is 0 Å². The maximum absolute atomic E-state index is 9.43. The maximum atomic E-state index is 9.43. The first kappa shape index (κ1) is 14.0. The predicted octanol–water partition coefficient (Wildman–Crippen LogP) is 2.37. The molecule has 0 saturated carbocycles. The zero-order valence-corrected chi connectivity index (χ0v) is 8.22. The molecule has 0 N–H and O–H groups in total. The Morgan fingerprint density at radius 2 is 2.42 bits per heavy atom. The molecule has 0 radical (unpaired) electrons. The minimum atomic E-state index is 0. The number of allylic oxidation sites excluding steroid dienone is 5. The van der Waals surface area contributed by atoms with Gasteiger partial charge in [0.05, 0.1) is 0 Å². The smallest absolute Gasteiger partial charge is 0.541 e. The fourth-order valence-corrected chi connectivity index (χ4v) is 0.463. The van der Waals surface area contributed by atoms with Gasteiger partial charge >= 0.3 is 17.1 Å². The average molecular weight is 204 g/mol. The molecule has 0 aromatic heterocycles. The second-order valence-corrected chi connectivity index (χ2v) is 2.28. The Morgan fingerprint density at radius 3 is 2.50 bits per heavy atom. The SMILES string of the molecule is C=C(C)C[C-]=O.[C-]1=CC=CC1.[Fe+2]. The fraction of sp³-hybridized carbons (Fsp3) is 0.300. The number of hydrogen-bond acceptors (Lipinski definition) is 1. The van der Waals surface area contributed by atoms with E-state index in [4.69, 9.17) is 0 Å². The zero-order valence-electron chi connectivity index (χ0n) is 7.12. The maximum Gasteiger partial charge on any atom is 2.00 e. The van der Waals surface area contributed by atoms with Crippen LogP contribution in [0.4, 0.5) is 0 Å². The minimum absolute atomic E-state index is 0. The molecule has 1 aliphatic carbocycles. The van der Waals surface area contributed by atoms with Crippen molar-refractivity contribution in [3.05, 3.63) is 36.5 Å². The molecule has 0 amide bonds. The number of carbonyl (C=O) groups excluding carboxylic acids is 1. The van der Waals surface area contributed by atoms with E-state index in [2.05, 4.69) is 18.7 Å². The van der Waals surface area contributed by atoms with Crippen LogP contribution in [0.1, 0.15) is 19.8 Å². The summed E-state index contributed by atoms with van der Waals surface area (Å²) in [5.74, 6) is 0. The van der Waals surface area contributed by atoms with E-state index in [1.807, 2.05) is 12.2 Å². The number of hydrogen-bond donors (Lipinski definition) is 0. The van der Waals surface area contributed by atoms with Gasteiger partial charge in [-0.25, -0.2) is 12.2 Å². The van der Waals surface area contributed by atoms with Gasteiger partial charge in [-0.05, 0) is 6.92 Å². The molecule has 0 heterocycles. The van der Waals surface area contributed by atoms with Crippen molar-refractivity contribution < 1.29 is 21.9 Å². The Kier molecular flexibility index (Phi) is 12.1. The van der Waals surface area contributed by atoms with Gasteiger partial charge in [-0.2, -0.15) is 6.08 Å². The molecule has 12 heavy (non-hydrogen) atoms. The molecule has 0 saturated heterocycles. The number of rotatable bonds is 2. The van der Waals surface area contributed by atoms with Crippen LogP contribution in [0.25, 0.3) is 0 Å². The van der Waals surface area contributed by atoms with Crippen LogP contribution in [0.2, 0.25) is 0 Å². The Balaban J connectivity index is 0. The molecule has 0 bridgehead atoms. The normalized spacial score (nSPS) is 11.1. The van der Waals surface area contributed by atoms with E-state index in [0.717, 1.165) is 12.0 Å². The largest absolute Gasteiger partial charge is 2.00 e. The molecule has 0 aliphatic heterocycles. The zero-order chi connectivity index (χ0) is 8.53. The van der Waals surface area contributed by atoms with Crippen LogP contribution in [0.15, 0.2) is 30.4 Å². The monoisotopic (exact) mass is 204 g/mol. The standard InChI is InChI=1S/C5H7O.C5H5.Fe/c1-5(2)3-4-6;1-2-4-5-3-1;/h1,3H2,2H3;1-3H,4H2;/q2*-1;+2. The van der Waals surface area contributed by atoms with E-state index < -0.39 is 0 Å². The average Bonchev–Trinajstić information content (AvgIpc) is 2.41. The Morgan fingerprint density at radius 1 is 1.75 bits per heavy atom. The molecule has 1 nitrogen and oxygen atoms in total. The third-order valence-corrected chi connectivity index (χ3v) is 0.960. The van der Waals surface area contributed by atoms with E-state index in [0.29, 0.717) is 6.42 Å². The van der Waals surface area contributed by atoms with Gasteiger partial charge < -0.3 is 4.79 Å². The summed E-state index contributed by atoms with van der Waals surface area (Å²) in [6, 6.07) is 0. The van der Waals surface area contributed by atoms with Crippen molar-refractivity contribution in [2.24, 2.45) is 0 Å². The van der Waals surface area contributed by atoms with Crippen molar-refractivity contribution in [3.63, 3.8) is 0 Å². The molecular weight excluding hydrogens is 192 g/mol.